The van der Waals surface area contributed by atoms with Gasteiger partial charge in [-0.3, -0.25) is 4.79 Å². The van der Waals surface area contributed by atoms with E-state index in [1.54, 1.807) is 11.0 Å². The molecule has 1 N–H and O–H groups in total. The van der Waals surface area contributed by atoms with E-state index in [0.717, 1.165) is 0 Å². The van der Waals surface area contributed by atoms with Gasteiger partial charge >= 0.3 is 0 Å². The van der Waals surface area contributed by atoms with Crippen molar-refractivity contribution in [3.8, 4) is 11.5 Å². The smallest absolute Gasteiger partial charge is 0.258 e. The van der Waals surface area contributed by atoms with Crippen LogP contribution in [0.3, 0.4) is 0 Å². The topological polar surface area (TPSA) is 49.8 Å². The number of aromatic hydroxyl groups is 1. The van der Waals surface area contributed by atoms with Crippen LogP contribution in [0.15, 0.2) is 18.2 Å². The first-order valence-corrected chi connectivity index (χ1v) is 6.28. The van der Waals surface area contributed by atoms with Crippen molar-refractivity contribution in [3.05, 3.63) is 23.8 Å². The number of nitrogens with zero attached hydrogens (tertiary/aromatic N) is 1. The van der Waals surface area contributed by atoms with E-state index >= 15 is 0 Å². The van der Waals surface area contributed by atoms with Crippen molar-refractivity contribution in [2.45, 2.75) is 19.9 Å². The third-order valence-corrected chi connectivity index (χ3v) is 2.81. The highest BCUT2D eigenvalue weighted by atomic mass is 35.5. The van der Waals surface area contributed by atoms with E-state index in [9.17, 15) is 9.90 Å². The number of benzene rings is 1. The monoisotopic (exact) mass is 271 g/mol. The number of amides is 1. The third kappa shape index (κ3) is 3.29. The molecule has 1 aromatic carbocycles. The Morgan fingerprint density at radius 3 is 2.67 bits per heavy atom. The summed E-state index contributed by atoms with van der Waals surface area (Å²) >= 11 is 5.69. The lowest BCUT2D eigenvalue weighted by Crippen LogP contribution is -2.38. The van der Waals surface area contributed by atoms with Crippen LogP contribution >= 0.6 is 11.6 Å². The lowest BCUT2D eigenvalue weighted by atomic mass is 10.1. The lowest BCUT2D eigenvalue weighted by molar-refractivity contribution is 0.0715. The normalized spacial score (nSPS) is 10.5. The van der Waals surface area contributed by atoms with Crippen molar-refractivity contribution in [1.82, 2.24) is 4.90 Å². The zero-order valence-electron chi connectivity index (χ0n) is 10.8. The fourth-order valence-corrected chi connectivity index (χ4v) is 1.84. The summed E-state index contributed by atoms with van der Waals surface area (Å²) in [5.74, 6) is 0.586. The number of phenolic OH excluding ortho intramolecular Hbond substituents is 1. The summed E-state index contributed by atoms with van der Waals surface area (Å²) in [6.45, 7) is 4.25. The van der Waals surface area contributed by atoms with Crippen molar-refractivity contribution in [1.29, 1.82) is 0 Å². The van der Waals surface area contributed by atoms with E-state index in [1.807, 2.05) is 13.8 Å². The van der Waals surface area contributed by atoms with Gasteiger partial charge < -0.3 is 14.7 Å². The van der Waals surface area contributed by atoms with Crippen LogP contribution in [-0.2, 0) is 0 Å². The summed E-state index contributed by atoms with van der Waals surface area (Å²) in [7, 11) is 1.51. The Kier molecular flexibility index (Phi) is 5.28. The zero-order chi connectivity index (χ0) is 13.7. The van der Waals surface area contributed by atoms with Crippen molar-refractivity contribution < 1.29 is 14.6 Å². The summed E-state index contributed by atoms with van der Waals surface area (Å²) in [5, 5.41) is 9.76. The van der Waals surface area contributed by atoms with E-state index in [1.165, 1.54) is 19.2 Å². The number of alkyl halides is 1. The molecule has 1 aromatic rings. The largest absolute Gasteiger partial charge is 0.507 e. The number of methoxy groups -OCH3 is 1. The Balaban J connectivity index is 3.07. The van der Waals surface area contributed by atoms with Gasteiger partial charge in [0.25, 0.3) is 5.91 Å². The zero-order valence-corrected chi connectivity index (χ0v) is 11.6. The second kappa shape index (κ2) is 6.50. The Hall–Kier alpha value is -1.42. The van der Waals surface area contributed by atoms with Crippen LogP contribution in [0.5, 0.6) is 11.5 Å². The van der Waals surface area contributed by atoms with E-state index < -0.39 is 0 Å². The molecule has 0 aromatic heterocycles. The highest BCUT2D eigenvalue weighted by molar-refractivity contribution is 6.18. The summed E-state index contributed by atoms with van der Waals surface area (Å²) < 4.78 is 5.05. The second-order valence-corrected chi connectivity index (χ2v) is 4.54. The van der Waals surface area contributed by atoms with Gasteiger partial charge in [-0.15, -0.1) is 11.6 Å². The highest BCUT2D eigenvalue weighted by Crippen LogP contribution is 2.24. The van der Waals surface area contributed by atoms with Crippen LogP contribution in [0, 0.1) is 0 Å². The van der Waals surface area contributed by atoms with Gasteiger partial charge in [-0.1, -0.05) is 0 Å². The molecule has 0 aliphatic carbocycles. The molecule has 0 heterocycles. The molecule has 0 unspecified atom stereocenters. The molecule has 4 nitrogen and oxygen atoms in total. The van der Waals surface area contributed by atoms with E-state index in [2.05, 4.69) is 0 Å². The predicted octanol–water partition coefficient (Wildman–Crippen LogP) is 2.49. The third-order valence-electron chi connectivity index (χ3n) is 2.64. The summed E-state index contributed by atoms with van der Waals surface area (Å²) in [6.07, 6.45) is 0. The molecule has 0 saturated carbocycles. The van der Waals surface area contributed by atoms with Crippen LogP contribution < -0.4 is 4.74 Å². The molecule has 100 valence electrons. The number of carbonyl (C=O) groups excluding carboxylic acids is 1. The van der Waals surface area contributed by atoms with Crippen LogP contribution in [0.4, 0.5) is 0 Å². The van der Waals surface area contributed by atoms with Gasteiger partial charge in [0, 0.05) is 18.5 Å². The number of halogens is 1. The van der Waals surface area contributed by atoms with Gasteiger partial charge in [0.05, 0.1) is 12.7 Å². The molecular weight excluding hydrogens is 254 g/mol. The summed E-state index contributed by atoms with van der Waals surface area (Å²) in [6, 6.07) is 4.60. The van der Waals surface area contributed by atoms with Crippen LogP contribution in [0.25, 0.3) is 0 Å². The maximum atomic E-state index is 12.3. The fourth-order valence-electron chi connectivity index (χ4n) is 1.65. The minimum absolute atomic E-state index is 0.0156. The van der Waals surface area contributed by atoms with E-state index in [4.69, 9.17) is 16.3 Å². The number of carbonyl (C=O) groups is 1. The summed E-state index contributed by atoms with van der Waals surface area (Å²) in [5.41, 5.74) is 0.230. The minimum Gasteiger partial charge on any atom is -0.507 e. The van der Waals surface area contributed by atoms with E-state index in [-0.39, 0.29) is 23.3 Å². The summed E-state index contributed by atoms with van der Waals surface area (Å²) in [4.78, 5) is 13.9. The molecule has 0 aliphatic rings. The Labute approximate surface area is 112 Å². The van der Waals surface area contributed by atoms with Gasteiger partial charge in [-0.2, -0.15) is 0 Å². The number of rotatable bonds is 5. The number of hydrogen-bond acceptors (Lipinski definition) is 3. The van der Waals surface area contributed by atoms with Crippen molar-refractivity contribution in [2.24, 2.45) is 0 Å². The molecule has 18 heavy (non-hydrogen) atoms. The first-order valence-electron chi connectivity index (χ1n) is 5.75. The molecule has 0 saturated heterocycles. The predicted molar refractivity (Wildman–Crippen MR) is 71.6 cm³/mol. The first kappa shape index (κ1) is 14.6. The van der Waals surface area contributed by atoms with E-state index in [0.29, 0.717) is 18.2 Å². The van der Waals surface area contributed by atoms with Gasteiger partial charge in [0.15, 0.2) is 0 Å². The fraction of sp³-hybridized carbons (Fsp3) is 0.462. The quantitative estimate of drug-likeness (QED) is 0.837. The van der Waals surface area contributed by atoms with Crippen molar-refractivity contribution in [2.75, 3.05) is 19.5 Å². The molecular formula is C13H18ClNO3. The van der Waals surface area contributed by atoms with Crippen molar-refractivity contribution >= 4 is 17.5 Å². The van der Waals surface area contributed by atoms with Gasteiger partial charge in [-0.05, 0) is 32.0 Å². The van der Waals surface area contributed by atoms with Crippen LogP contribution in [0.2, 0.25) is 0 Å². The average Bonchev–Trinajstić information content (AvgIpc) is 2.35. The lowest BCUT2D eigenvalue weighted by Gasteiger charge is -2.26. The van der Waals surface area contributed by atoms with Crippen LogP contribution in [-0.4, -0.2) is 41.5 Å². The molecule has 0 radical (unpaired) electrons. The molecule has 0 atom stereocenters. The maximum Gasteiger partial charge on any atom is 0.258 e. The van der Waals surface area contributed by atoms with Gasteiger partial charge in [0.1, 0.15) is 11.5 Å². The van der Waals surface area contributed by atoms with Crippen molar-refractivity contribution in [3.63, 3.8) is 0 Å². The molecule has 5 heteroatoms. The maximum absolute atomic E-state index is 12.3. The average molecular weight is 272 g/mol. The Bertz CT molecular complexity index is 421. The molecule has 0 bridgehead atoms. The highest BCUT2D eigenvalue weighted by Gasteiger charge is 2.21. The van der Waals surface area contributed by atoms with Crippen LogP contribution in [0.1, 0.15) is 24.2 Å². The minimum atomic E-state index is -0.248. The first-order chi connectivity index (χ1) is 8.51. The molecule has 1 amide bonds. The SMILES string of the molecule is COc1ccc(O)c(C(=O)N(CCCl)C(C)C)c1. The van der Waals surface area contributed by atoms with Gasteiger partial charge in [0.2, 0.25) is 0 Å². The Morgan fingerprint density at radius 1 is 1.50 bits per heavy atom. The molecule has 1 rings (SSSR count). The second-order valence-electron chi connectivity index (χ2n) is 4.16. The standard InChI is InChI=1S/C13H18ClNO3/c1-9(2)15(7-6-14)13(17)11-8-10(18-3)4-5-12(11)16/h4-5,8-9,16H,6-7H2,1-3H3. The Morgan fingerprint density at radius 2 is 2.17 bits per heavy atom. The number of phenols is 1. The molecule has 0 spiro atoms. The van der Waals surface area contributed by atoms with Gasteiger partial charge in [-0.25, -0.2) is 0 Å². The molecule has 0 aliphatic heterocycles. The molecule has 0 fully saturated rings. The number of hydrogen-bond donors (Lipinski definition) is 1. The number of ether oxygens (including phenoxy) is 1.